The molecule has 0 saturated carbocycles. The van der Waals surface area contributed by atoms with Crippen LogP contribution in [0.1, 0.15) is 0 Å². The Morgan fingerprint density at radius 1 is 0.340 bits per heavy atom. The number of benzene rings is 9. The van der Waals surface area contributed by atoms with Crippen molar-refractivity contribution in [3.05, 3.63) is 164 Å². The Kier molecular flexibility index (Phi) is 6.22. The average molecular weight is 723 g/mol. The molecule has 0 radical (unpaired) electrons. The monoisotopic (exact) mass is 722 g/mol. The van der Waals surface area contributed by atoms with Crippen LogP contribution in [0.2, 0.25) is 0 Å². The first-order chi connectivity index (χ1) is 25.5. The Morgan fingerprint density at radius 2 is 0.736 bits per heavy atom. The quantitative estimate of drug-likeness (QED) is 0.130. The van der Waals surface area contributed by atoms with Crippen molar-refractivity contribution in [2.24, 2.45) is 0 Å². The zero-order valence-corrected chi connectivity index (χ0v) is 28.6. The molecule has 10 rings (SSSR count). The second-order valence-corrected chi connectivity index (χ2v) is 15.8. The fraction of sp³-hybridized carbons (Fsp3) is 0. The van der Waals surface area contributed by atoms with Crippen molar-refractivity contribution in [1.29, 1.82) is 0 Å². The number of furan rings is 1. The van der Waals surface area contributed by atoms with Crippen LogP contribution >= 0.6 is 10.2 Å². The molecule has 0 unspecified atom stereocenters. The molecular weight excluding hydrogens is 696 g/mol. The van der Waals surface area contributed by atoms with E-state index in [1.54, 1.807) is 18.2 Å². The molecule has 1 heterocycles. The molecular formula is C46H27F5OS. The molecule has 0 aliphatic heterocycles. The highest BCUT2D eigenvalue weighted by molar-refractivity contribution is 8.46. The van der Waals surface area contributed by atoms with E-state index < -0.39 is 25.9 Å². The lowest BCUT2D eigenvalue weighted by atomic mass is 9.85. The van der Waals surface area contributed by atoms with Gasteiger partial charge in [-0.1, -0.05) is 177 Å². The summed E-state index contributed by atoms with van der Waals surface area (Å²) in [7, 11) is -10.2. The fourth-order valence-corrected chi connectivity index (χ4v) is 9.57. The lowest BCUT2D eigenvalue weighted by Crippen LogP contribution is -2.08. The molecule has 53 heavy (non-hydrogen) atoms. The minimum atomic E-state index is -10.2. The van der Waals surface area contributed by atoms with Crippen LogP contribution in [0.25, 0.3) is 98.4 Å². The maximum absolute atomic E-state index is 14.9. The number of fused-ring (bicyclic) bond motifs is 7. The Hall–Kier alpha value is -6.18. The highest BCUT2D eigenvalue weighted by Gasteiger charge is 2.67. The molecule has 258 valence electrons. The van der Waals surface area contributed by atoms with Gasteiger partial charge in [0, 0.05) is 32.7 Å². The van der Waals surface area contributed by atoms with Crippen LogP contribution in [0.5, 0.6) is 0 Å². The Morgan fingerprint density at radius 3 is 1.26 bits per heavy atom. The molecule has 0 fully saturated rings. The van der Waals surface area contributed by atoms with E-state index in [2.05, 4.69) is 42.5 Å². The van der Waals surface area contributed by atoms with Gasteiger partial charge in [-0.25, -0.2) is 0 Å². The van der Waals surface area contributed by atoms with Gasteiger partial charge in [0.15, 0.2) is 0 Å². The standard InChI is InChI=1S/C46H27F5OS/c47-53(48,49,50,51)46-35-22-10-8-20-33(35)43(34-21-9-11-23-36(34)46)38-25-12-26-39-44-37(24-13-27-40(44)52-45(38)39)42-31-18-6-4-16-29(31)41(28-14-2-1-3-15-28)30-17-5-7-19-32(30)42/h1-27H. The number of hydrogen-bond acceptors (Lipinski definition) is 1. The Labute approximate surface area is 300 Å². The van der Waals surface area contributed by atoms with Gasteiger partial charge in [-0.05, 0) is 60.6 Å². The summed E-state index contributed by atoms with van der Waals surface area (Å²) in [5.74, 6) is 0. The molecule has 10 aromatic rings. The molecule has 9 aromatic carbocycles. The molecule has 0 atom stereocenters. The van der Waals surface area contributed by atoms with E-state index >= 15 is 0 Å². The summed E-state index contributed by atoms with van der Waals surface area (Å²) in [5.41, 5.74) is 6.19. The lowest BCUT2D eigenvalue weighted by molar-refractivity contribution is 0.367. The molecule has 0 spiro atoms. The normalized spacial score (nSPS) is 13.7. The van der Waals surface area contributed by atoms with Crippen molar-refractivity contribution in [2.45, 2.75) is 4.90 Å². The fourth-order valence-electron chi connectivity index (χ4n) is 8.38. The molecule has 0 N–H and O–H groups in total. The largest absolute Gasteiger partial charge is 0.455 e. The molecule has 0 bridgehead atoms. The molecule has 0 amide bonds. The lowest BCUT2D eigenvalue weighted by Gasteiger charge is -2.42. The van der Waals surface area contributed by atoms with Gasteiger partial charge in [0.25, 0.3) is 0 Å². The van der Waals surface area contributed by atoms with Crippen molar-refractivity contribution < 1.29 is 23.8 Å². The predicted molar refractivity (Wildman–Crippen MR) is 211 cm³/mol. The minimum Gasteiger partial charge on any atom is -0.455 e. The van der Waals surface area contributed by atoms with Gasteiger partial charge in [0.1, 0.15) is 16.1 Å². The van der Waals surface area contributed by atoms with Crippen molar-refractivity contribution in [2.75, 3.05) is 0 Å². The van der Waals surface area contributed by atoms with E-state index in [1.165, 1.54) is 24.3 Å². The second kappa shape index (κ2) is 10.5. The van der Waals surface area contributed by atoms with Crippen LogP contribution in [0.3, 0.4) is 0 Å². The summed E-state index contributed by atoms with van der Waals surface area (Å²) in [5, 5.41) is 4.96. The topological polar surface area (TPSA) is 13.1 Å². The highest BCUT2D eigenvalue weighted by Crippen LogP contribution is 3.03. The predicted octanol–water partition coefficient (Wildman–Crippen LogP) is 15.9. The Bertz CT molecular complexity index is 3040. The van der Waals surface area contributed by atoms with Gasteiger partial charge < -0.3 is 4.42 Å². The van der Waals surface area contributed by atoms with Gasteiger partial charge in [0.2, 0.25) is 0 Å². The summed E-state index contributed by atoms with van der Waals surface area (Å²) < 4.78 is 81.0. The maximum atomic E-state index is 14.9. The SMILES string of the molecule is FS(F)(F)(F)(F)c1c2ccccc2c(-c2cccc3c2oc2cccc(-c4c5ccccc5c(-c5ccccc5)c5ccccc45)c23)c2ccccc12. The molecule has 7 heteroatoms. The van der Waals surface area contributed by atoms with Gasteiger partial charge >= 0.3 is 10.2 Å². The first kappa shape index (κ1) is 31.5. The zero-order valence-electron chi connectivity index (χ0n) is 27.8. The summed E-state index contributed by atoms with van der Waals surface area (Å²) in [4.78, 5) is -1.86. The highest BCUT2D eigenvalue weighted by atomic mass is 32.5. The van der Waals surface area contributed by atoms with Crippen molar-refractivity contribution in [3.63, 3.8) is 0 Å². The first-order valence-corrected chi connectivity index (χ1v) is 19.0. The minimum absolute atomic E-state index is 0.0659. The molecule has 0 aliphatic rings. The third-order valence-corrected chi connectivity index (χ3v) is 11.5. The van der Waals surface area contributed by atoms with Crippen LogP contribution in [-0.4, -0.2) is 0 Å². The number of rotatable bonds is 4. The molecule has 0 aliphatic carbocycles. The molecule has 1 aromatic heterocycles. The first-order valence-electron chi connectivity index (χ1n) is 17.1. The summed E-state index contributed by atoms with van der Waals surface area (Å²) in [6.07, 6.45) is 0. The third kappa shape index (κ3) is 4.77. The van der Waals surface area contributed by atoms with Gasteiger partial charge in [0.05, 0.1) is 0 Å². The Balaban J connectivity index is 1.33. The van der Waals surface area contributed by atoms with E-state index in [9.17, 15) is 19.4 Å². The van der Waals surface area contributed by atoms with Gasteiger partial charge in [-0.3, -0.25) is 0 Å². The van der Waals surface area contributed by atoms with Crippen LogP contribution in [0.15, 0.2) is 173 Å². The van der Waals surface area contributed by atoms with E-state index in [0.29, 0.717) is 22.3 Å². The van der Waals surface area contributed by atoms with E-state index in [1.807, 2.05) is 66.7 Å². The van der Waals surface area contributed by atoms with E-state index in [0.717, 1.165) is 66.7 Å². The van der Waals surface area contributed by atoms with Crippen molar-refractivity contribution in [3.8, 4) is 33.4 Å². The molecule has 1 nitrogen and oxygen atoms in total. The smallest absolute Gasteiger partial charge is 0.311 e. The van der Waals surface area contributed by atoms with Gasteiger partial charge in [-0.15, -0.1) is 0 Å². The van der Waals surface area contributed by atoms with Crippen LogP contribution in [0, 0.1) is 0 Å². The van der Waals surface area contributed by atoms with Crippen LogP contribution in [-0.2, 0) is 0 Å². The number of hydrogen-bond donors (Lipinski definition) is 0. The zero-order chi connectivity index (χ0) is 36.2. The van der Waals surface area contributed by atoms with E-state index in [-0.39, 0.29) is 10.8 Å². The second-order valence-electron chi connectivity index (χ2n) is 13.4. The van der Waals surface area contributed by atoms with Crippen molar-refractivity contribution >= 4 is 75.3 Å². The third-order valence-electron chi connectivity index (χ3n) is 10.3. The molecule has 0 saturated heterocycles. The summed E-state index contributed by atoms with van der Waals surface area (Å²) in [6, 6.07) is 49.6. The number of para-hydroxylation sites is 1. The summed E-state index contributed by atoms with van der Waals surface area (Å²) in [6.45, 7) is 0. The summed E-state index contributed by atoms with van der Waals surface area (Å²) >= 11 is 0. The van der Waals surface area contributed by atoms with Gasteiger partial charge in [-0.2, -0.15) is 0 Å². The number of halogens is 5. The maximum Gasteiger partial charge on any atom is 0.311 e. The van der Waals surface area contributed by atoms with E-state index in [4.69, 9.17) is 4.42 Å². The average Bonchev–Trinajstić information content (AvgIpc) is 3.55. The van der Waals surface area contributed by atoms with Crippen molar-refractivity contribution in [1.82, 2.24) is 0 Å². The van der Waals surface area contributed by atoms with Crippen LogP contribution < -0.4 is 0 Å². The van der Waals surface area contributed by atoms with Crippen LogP contribution in [0.4, 0.5) is 19.4 Å².